The van der Waals surface area contributed by atoms with Crippen molar-refractivity contribution in [1.29, 1.82) is 0 Å². The van der Waals surface area contributed by atoms with Crippen molar-refractivity contribution in [2.75, 3.05) is 0 Å². The number of nitrogens with zero attached hydrogens (tertiary/aromatic N) is 1. The zero-order valence-corrected chi connectivity index (χ0v) is 19.1. The molecule has 0 aliphatic heterocycles. The number of halogens is 3. The topological polar surface area (TPSA) is 72.4 Å². The molecule has 1 N–H and O–H groups in total. The number of rotatable bonds is 4. The predicted molar refractivity (Wildman–Crippen MR) is 124 cm³/mol. The van der Waals surface area contributed by atoms with Crippen LogP contribution in [0.2, 0.25) is 15.1 Å². The Morgan fingerprint density at radius 3 is 2.52 bits per heavy atom. The van der Waals surface area contributed by atoms with E-state index in [-0.39, 0.29) is 22.4 Å². The minimum atomic E-state index is -0.740. The van der Waals surface area contributed by atoms with Crippen LogP contribution < -0.4 is 11.2 Å². The van der Waals surface area contributed by atoms with Crippen LogP contribution in [0.5, 0.6) is 5.75 Å². The Morgan fingerprint density at radius 1 is 1.03 bits per heavy atom. The molecule has 0 saturated heterocycles. The van der Waals surface area contributed by atoms with E-state index in [9.17, 15) is 14.7 Å². The third-order valence-corrected chi connectivity index (χ3v) is 6.68. The van der Waals surface area contributed by atoms with E-state index >= 15 is 0 Å². The van der Waals surface area contributed by atoms with Gasteiger partial charge in [-0.1, -0.05) is 58.7 Å². The zero-order chi connectivity index (χ0) is 22.3. The van der Waals surface area contributed by atoms with E-state index in [1.54, 1.807) is 55.5 Å². The number of hydrogen-bond donors (Lipinski definition) is 1. The molecule has 0 aliphatic carbocycles. The smallest absolute Gasteiger partial charge is 0.354 e. The molecule has 0 radical (unpaired) electrons. The quantitative estimate of drug-likeness (QED) is 0.369. The molecule has 0 bridgehead atoms. The molecule has 2 aromatic carbocycles. The molecule has 0 atom stereocenters. The van der Waals surface area contributed by atoms with Gasteiger partial charge < -0.3 is 14.1 Å². The molecular formula is C22H14Cl3NO4S. The average Bonchev–Trinajstić information content (AvgIpc) is 2.70. The van der Waals surface area contributed by atoms with Crippen molar-refractivity contribution in [1.82, 2.24) is 4.57 Å². The fourth-order valence-electron chi connectivity index (χ4n) is 3.15. The maximum Gasteiger partial charge on any atom is 0.354 e. The molecule has 0 amide bonds. The number of fused-ring (bicyclic) bond motifs is 1. The summed E-state index contributed by atoms with van der Waals surface area (Å²) < 4.78 is 6.82. The Labute approximate surface area is 195 Å². The Kier molecular flexibility index (Phi) is 6.08. The third-order valence-electron chi connectivity index (χ3n) is 4.65. The number of hydrogen-bond acceptors (Lipinski definition) is 5. The van der Waals surface area contributed by atoms with Crippen LogP contribution in [-0.2, 0) is 6.54 Å². The van der Waals surface area contributed by atoms with Gasteiger partial charge in [0.1, 0.15) is 15.9 Å². The van der Waals surface area contributed by atoms with Crippen LogP contribution in [-0.4, -0.2) is 9.67 Å². The highest BCUT2D eigenvalue weighted by atomic mass is 35.5. The first kappa shape index (κ1) is 21.8. The molecule has 9 heteroatoms. The molecule has 0 aliphatic rings. The largest absolute Gasteiger partial charge is 0.505 e. The summed E-state index contributed by atoms with van der Waals surface area (Å²) in [4.78, 5) is 26.3. The number of aromatic nitrogens is 1. The summed E-state index contributed by atoms with van der Waals surface area (Å²) >= 11 is 19.0. The van der Waals surface area contributed by atoms with Crippen molar-refractivity contribution < 1.29 is 9.52 Å². The summed E-state index contributed by atoms with van der Waals surface area (Å²) in [6.07, 6.45) is 0. The van der Waals surface area contributed by atoms with Crippen molar-refractivity contribution in [3.05, 3.63) is 95.6 Å². The summed E-state index contributed by atoms with van der Waals surface area (Å²) in [6, 6.07) is 13.4. The lowest BCUT2D eigenvalue weighted by Gasteiger charge is -2.13. The Hall–Kier alpha value is -2.38. The third kappa shape index (κ3) is 4.34. The Balaban J connectivity index is 1.85. The average molecular weight is 495 g/mol. The lowest BCUT2D eigenvalue weighted by atomic mass is 10.2. The van der Waals surface area contributed by atoms with Crippen LogP contribution >= 0.6 is 46.6 Å². The summed E-state index contributed by atoms with van der Waals surface area (Å²) in [7, 11) is 0. The Morgan fingerprint density at radius 2 is 1.81 bits per heavy atom. The van der Waals surface area contributed by atoms with Gasteiger partial charge in [0.25, 0.3) is 5.56 Å². The highest BCUT2D eigenvalue weighted by Gasteiger charge is 2.20. The molecule has 0 fully saturated rings. The van der Waals surface area contributed by atoms with Crippen molar-refractivity contribution in [3.8, 4) is 5.75 Å². The molecule has 0 saturated carbocycles. The van der Waals surface area contributed by atoms with Gasteiger partial charge in [0.15, 0.2) is 5.75 Å². The number of benzene rings is 2. The van der Waals surface area contributed by atoms with Crippen molar-refractivity contribution >= 4 is 57.5 Å². The van der Waals surface area contributed by atoms with Gasteiger partial charge in [-0.25, -0.2) is 4.79 Å². The maximum atomic E-state index is 13.2. The second kappa shape index (κ2) is 8.63. The molecule has 0 unspecified atom stereocenters. The first-order valence-corrected chi connectivity index (χ1v) is 11.0. The molecule has 4 aromatic rings. The molecule has 2 aromatic heterocycles. The minimum absolute atomic E-state index is 0.0193. The van der Waals surface area contributed by atoms with Gasteiger partial charge in [0, 0.05) is 21.7 Å². The predicted octanol–water partition coefficient (Wildman–Crippen LogP) is 6.13. The van der Waals surface area contributed by atoms with Crippen LogP contribution in [0.15, 0.2) is 72.3 Å². The summed E-state index contributed by atoms with van der Waals surface area (Å²) in [5.41, 5.74) is 0.0998. The number of aromatic hydroxyl groups is 1. The van der Waals surface area contributed by atoms with Gasteiger partial charge >= 0.3 is 5.63 Å². The van der Waals surface area contributed by atoms with E-state index in [0.717, 1.165) is 17.3 Å². The molecule has 5 nitrogen and oxygen atoms in total. The Bertz CT molecular complexity index is 1450. The van der Waals surface area contributed by atoms with Gasteiger partial charge in [-0.05, 0) is 42.8 Å². The van der Waals surface area contributed by atoms with Crippen molar-refractivity contribution in [2.45, 2.75) is 23.3 Å². The second-order valence-corrected chi connectivity index (χ2v) is 9.13. The van der Waals surface area contributed by atoms with Crippen LogP contribution in [0.3, 0.4) is 0 Å². The first-order chi connectivity index (χ1) is 14.7. The van der Waals surface area contributed by atoms with E-state index in [1.807, 2.05) is 0 Å². The van der Waals surface area contributed by atoms with Gasteiger partial charge in [0.2, 0.25) is 0 Å². The monoisotopic (exact) mass is 493 g/mol. The molecule has 158 valence electrons. The number of pyridine rings is 1. The zero-order valence-electron chi connectivity index (χ0n) is 16.0. The lowest BCUT2D eigenvalue weighted by Crippen LogP contribution is -2.24. The molecule has 31 heavy (non-hydrogen) atoms. The standard InChI is InChI=1S/C22H14Cl3NO4S/c1-11-7-17-18(21(28)26(11)10-12-5-6-15(24)16(25)8-12)19(27)20(22(29)30-17)31-14-4-2-3-13(23)9-14/h2-9,27H,10H2,1H3. The highest BCUT2D eigenvalue weighted by Crippen LogP contribution is 2.36. The fraction of sp³-hybridized carbons (Fsp3) is 0.0909. The summed E-state index contributed by atoms with van der Waals surface area (Å²) in [6.45, 7) is 1.91. The summed E-state index contributed by atoms with van der Waals surface area (Å²) in [5, 5.41) is 12.0. The van der Waals surface area contributed by atoms with Crippen LogP contribution in [0.1, 0.15) is 11.3 Å². The molecule has 4 rings (SSSR count). The van der Waals surface area contributed by atoms with E-state index in [1.165, 1.54) is 4.57 Å². The van der Waals surface area contributed by atoms with Gasteiger partial charge in [-0.3, -0.25) is 4.79 Å². The maximum absolute atomic E-state index is 13.2. The van der Waals surface area contributed by atoms with Crippen LogP contribution in [0, 0.1) is 6.92 Å². The molecular weight excluding hydrogens is 481 g/mol. The van der Waals surface area contributed by atoms with Crippen molar-refractivity contribution in [2.24, 2.45) is 0 Å². The van der Waals surface area contributed by atoms with Crippen molar-refractivity contribution in [3.63, 3.8) is 0 Å². The SMILES string of the molecule is Cc1cc2oc(=O)c(Sc3cccc(Cl)c3)c(O)c2c(=O)n1Cc1ccc(Cl)c(Cl)c1. The van der Waals surface area contributed by atoms with Crippen LogP contribution in [0.4, 0.5) is 0 Å². The summed E-state index contributed by atoms with van der Waals surface area (Å²) in [5.74, 6) is -0.427. The van der Waals surface area contributed by atoms with Crippen LogP contribution in [0.25, 0.3) is 11.0 Å². The minimum Gasteiger partial charge on any atom is -0.505 e. The van der Waals surface area contributed by atoms with Gasteiger partial charge in [-0.2, -0.15) is 0 Å². The van der Waals surface area contributed by atoms with Gasteiger partial charge in [-0.15, -0.1) is 0 Å². The lowest BCUT2D eigenvalue weighted by molar-refractivity contribution is 0.445. The normalized spacial score (nSPS) is 11.2. The first-order valence-electron chi connectivity index (χ1n) is 9.02. The molecule has 2 heterocycles. The van der Waals surface area contributed by atoms with E-state index in [4.69, 9.17) is 39.2 Å². The van der Waals surface area contributed by atoms with E-state index < -0.39 is 16.9 Å². The van der Waals surface area contributed by atoms with E-state index in [2.05, 4.69) is 0 Å². The highest BCUT2D eigenvalue weighted by molar-refractivity contribution is 7.99. The van der Waals surface area contributed by atoms with Gasteiger partial charge in [0.05, 0.1) is 16.6 Å². The second-order valence-electron chi connectivity index (χ2n) is 6.79. The number of aryl methyl sites for hydroxylation is 1. The molecule has 0 spiro atoms. The fourth-order valence-corrected chi connectivity index (χ4v) is 4.62. The van der Waals surface area contributed by atoms with E-state index in [0.29, 0.717) is 25.7 Å².